The molecule has 0 radical (unpaired) electrons. The second-order valence-corrected chi connectivity index (χ2v) is 8.44. The van der Waals surface area contributed by atoms with E-state index in [0.717, 1.165) is 17.0 Å². The van der Waals surface area contributed by atoms with E-state index in [1.807, 2.05) is 0 Å². The summed E-state index contributed by atoms with van der Waals surface area (Å²) in [6.07, 6.45) is 1.19. The summed E-state index contributed by atoms with van der Waals surface area (Å²) < 4.78 is 38.1. The maximum absolute atomic E-state index is 13.8. The van der Waals surface area contributed by atoms with Crippen molar-refractivity contribution in [3.8, 4) is 11.5 Å². The van der Waals surface area contributed by atoms with E-state index >= 15 is 0 Å². The maximum Gasteiger partial charge on any atom is 0.257 e. The van der Waals surface area contributed by atoms with Gasteiger partial charge in [-0.3, -0.25) is 14.9 Å². The lowest BCUT2D eigenvalue weighted by atomic mass is 10.1. The van der Waals surface area contributed by atoms with Crippen LogP contribution in [-0.4, -0.2) is 23.6 Å². The third-order valence-corrected chi connectivity index (χ3v) is 6.44. The third-order valence-electron chi connectivity index (χ3n) is 5.39. The van der Waals surface area contributed by atoms with Gasteiger partial charge in [-0.05, 0) is 43.2 Å². The maximum atomic E-state index is 13.8. The summed E-state index contributed by atoms with van der Waals surface area (Å²) >= 11 is 1.31. The molecule has 1 atom stereocenters. The van der Waals surface area contributed by atoms with Crippen molar-refractivity contribution in [2.45, 2.75) is 25.3 Å². The molecule has 1 aliphatic heterocycles. The molecule has 2 aliphatic rings. The quantitative estimate of drug-likeness (QED) is 0.609. The molecule has 3 aromatic rings. The number of carbonyl (C=O) groups excluding carboxylic acids is 2. The van der Waals surface area contributed by atoms with Gasteiger partial charge in [-0.2, -0.15) is 0 Å². The van der Waals surface area contributed by atoms with E-state index in [1.165, 1.54) is 17.4 Å². The van der Waals surface area contributed by atoms with Gasteiger partial charge in [0.15, 0.2) is 16.6 Å². The fourth-order valence-corrected chi connectivity index (χ4v) is 4.78. The van der Waals surface area contributed by atoms with Gasteiger partial charge in [0.2, 0.25) is 12.7 Å². The average molecular weight is 457 g/mol. The Hall–Kier alpha value is -3.53. The number of halogens is 2. The molecular formula is C22H17F2N3O4S. The van der Waals surface area contributed by atoms with Crippen LogP contribution in [-0.2, 0) is 17.8 Å². The van der Waals surface area contributed by atoms with E-state index in [1.54, 1.807) is 18.2 Å². The first-order valence-corrected chi connectivity index (χ1v) is 10.7. The predicted octanol–water partition coefficient (Wildman–Crippen LogP) is 3.75. The number of thiazole rings is 1. The van der Waals surface area contributed by atoms with Crippen molar-refractivity contribution in [1.29, 1.82) is 0 Å². The first kappa shape index (κ1) is 20.4. The smallest absolute Gasteiger partial charge is 0.257 e. The van der Waals surface area contributed by atoms with Crippen molar-refractivity contribution >= 4 is 28.3 Å². The van der Waals surface area contributed by atoms with Crippen LogP contribution in [0.3, 0.4) is 0 Å². The zero-order valence-electron chi connectivity index (χ0n) is 16.6. The summed E-state index contributed by atoms with van der Waals surface area (Å²) in [5.41, 5.74) is 0.794. The Balaban J connectivity index is 1.26. The molecule has 5 rings (SSSR count). The molecule has 1 aromatic heterocycles. The molecule has 2 amide bonds. The molecule has 2 aromatic carbocycles. The van der Waals surface area contributed by atoms with E-state index < -0.39 is 17.6 Å². The van der Waals surface area contributed by atoms with Crippen molar-refractivity contribution in [3.05, 3.63) is 69.7 Å². The number of amides is 2. The lowest BCUT2D eigenvalue weighted by Gasteiger charge is -2.12. The number of hydrogen-bond acceptors (Lipinski definition) is 6. The summed E-state index contributed by atoms with van der Waals surface area (Å²) in [6, 6.07) is 8.45. The Morgan fingerprint density at radius 2 is 1.91 bits per heavy atom. The molecule has 0 saturated carbocycles. The van der Waals surface area contributed by atoms with Crippen molar-refractivity contribution in [2.24, 2.45) is 0 Å². The molecule has 2 N–H and O–H groups in total. The van der Waals surface area contributed by atoms with Crippen LogP contribution in [0.1, 0.15) is 38.8 Å². The molecule has 1 unspecified atom stereocenters. The summed E-state index contributed by atoms with van der Waals surface area (Å²) in [7, 11) is 0. The minimum Gasteiger partial charge on any atom is -0.454 e. The Morgan fingerprint density at radius 1 is 1.12 bits per heavy atom. The van der Waals surface area contributed by atoms with Crippen LogP contribution in [0.15, 0.2) is 36.4 Å². The van der Waals surface area contributed by atoms with Crippen LogP contribution in [0.4, 0.5) is 13.9 Å². The lowest BCUT2D eigenvalue weighted by molar-refractivity contribution is -0.122. The third kappa shape index (κ3) is 3.77. The number of benzene rings is 2. The second-order valence-electron chi connectivity index (χ2n) is 7.36. The Bertz CT molecular complexity index is 1210. The number of aryl methyl sites for hydroxylation is 1. The minimum atomic E-state index is -0.709. The molecule has 0 spiro atoms. The molecule has 0 fully saturated rings. The lowest BCUT2D eigenvalue weighted by Crippen LogP contribution is -2.29. The molecule has 32 heavy (non-hydrogen) atoms. The Morgan fingerprint density at radius 3 is 2.72 bits per heavy atom. The first-order valence-electron chi connectivity index (χ1n) is 9.91. The van der Waals surface area contributed by atoms with Crippen molar-refractivity contribution in [3.63, 3.8) is 0 Å². The monoisotopic (exact) mass is 457 g/mol. The van der Waals surface area contributed by atoms with Gasteiger partial charge < -0.3 is 14.8 Å². The second kappa shape index (κ2) is 8.19. The normalized spacial score (nSPS) is 16.0. The van der Waals surface area contributed by atoms with Crippen LogP contribution in [0.2, 0.25) is 0 Å². The fraction of sp³-hybridized carbons (Fsp3) is 0.227. The van der Waals surface area contributed by atoms with Gasteiger partial charge >= 0.3 is 0 Å². The van der Waals surface area contributed by atoms with Gasteiger partial charge in [0, 0.05) is 22.5 Å². The van der Waals surface area contributed by atoms with Gasteiger partial charge in [0.25, 0.3) is 5.91 Å². The van der Waals surface area contributed by atoms with E-state index in [4.69, 9.17) is 9.47 Å². The standard InChI is InChI=1S/C22H17F2N3O4S/c23-14-2-1-3-15(24)13(14)9-25-21(29)12-5-7-18-19(12)26-22(32-18)27-20(28)11-4-6-16-17(8-11)31-10-30-16/h1-4,6,8,12H,5,7,9-10H2,(H,25,29)(H,26,27,28). The number of nitrogens with one attached hydrogen (secondary N) is 2. The summed E-state index contributed by atoms with van der Waals surface area (Å²) in [6.45, 7) is -0.131. The molecule has 10 heteroatoms. The molecule has 0 bridgehead atoms. The number of anilines is 1. The highest BCUT2D eigenvalue weighted by atomic mass is 32.1. The van der Waals surface area contributed by atoms with Gasteiger partial charge in [-0.1, -0.05) is 6.07 Å². The van der Waals surface area contributed by atoms with Crippen molar-refractivity contribution in [2.75, 3.05) is 12.1 Å². The van der Waals surface area contributed by atoms with Gasteiger partial charge in [-0.15, -0.1) is 11.3 Å². The molecule has 0 saturated heterocycles. The molecule has 7 nitrogen and oxygen atoms in total. The molecule has 1 aliphatic carbocycles. The van der Waals surface area contributed by atoms with E-state index in [2.05, 4.69) is 15.6 Å². The minimum absolute atomic E-state index is 0.118. The highest BCUT2D eigenvalue weighted by Gasteiger charge is 2.33. The molecule has 164 valence electrons. The average Bonchev–Trinajstić information content (AvgIpc) is 3.48. The van der Waals surface area contributed by atoms with Gasteiger partial charge in [0.1, 0.15) is 11.6 Å². The number of fused-ring (bicyclic) bond motifs is 2. The van der Waals surface area contributed by atoms with Gasteiger partial charge in [-0.25, -0.2) is 13.8 Å². The molecule has 2 heterocycles. The molecular weight excluding hydrogens is 440 g/mol. The summed E-state index contributed by atoms with van der Waals surface area (Å²) in [4.78, 5) is 30.6. The zero-order valence-corrected chi connectivity index (χ0v) is 17.4. The number of aromatic nitrogens is 1. The first-order chi connectivity index (χ1) is 15.5. The summed E-state index contributed by atoms with van der Waals surface area (Å²) in [5.74, 6) is -1.58. The predicted molar refractivity (Wildman–Crippen MR) is 112 cm³/mol. The Labute approximate surface area is 185 Å². The van der Waals surface area contributed by atoms with Crippen molar-refractivity contribution < 1.29 is 27.8 Å². The Kier molecular flexibility index (Phi) is 5.22. The van der Waals surface area contributed by atoms with Crippen LogP contribution < -0.4 is 20.1 Å². The summed E-state index contributed by atoms with van der Waals surface area (Å²) in [5, 5.41) is 5.73. The van der Waals surface area contributed by atoms with Crippen LogP contribution in [0.25, 0.3) is 0 Å². The number of rotatable bonds is 5. The van der Waals surface area contributed by atoms with Gasteiger partial charge in [0.05, 0.1) is 11.6 Å². The van der Waals surface area contributed by atoms with Crippen LogP contribution in [0.5, 0.6) is 11.5 Å². The number of hydrogen-bond donors (Lipinski definition) is 2. The number of nitrogens with zero attached hydrogens (tertiary/aromatic N) is 1. The van der Waals surface area contributed by atoms with Crippen molar-refractivity contribution in [1.82, 2.24) is 10.3 Å². The fourth-order valence-electron chi connectivity index (χ4n) is 3.74. The number of carbonyl (C=O) groups is 2. The topological polar surface area (TPSA) is 89.6 Å². The van der Waals surface area contributed by atoms with Crippen LogP contribution >= 0.6 is 11.3 Å². The van der Waals surface area contributed by atoms with Crippen LogP contribution in [0, 0.1) is 11.6 Å². The largest absolute Gasteiger partial charge is 0.454 e. The van der Waals surface area contributed by atoms with E-state index in [0.29, 0.717) is 40.7 Å². The van der Waals surface area contributed by atoms with E-state index in [-0.39, 0.29) is 30.7 Å². The highest BCUT2D eigenvalue weighted by Crippen LogP contribution is 2.39. The highest BCUT2D eigenvalue weighted by molar-refractivity contribution is 7.16. The number of ether oxygens (including phenoxy) is 2. The van der Waals surface area contributed by atoms with E-state index in [9.17, 15) is 18.4 Å². The SMILES string of the molecule is O=C(Nc1nc2c(s1)CCC2C(=O)NCc1c(F)cccc1F)c1ccc2c(c1)OCO2. The zero-order chi connectivity index (χ0) is 22.2.